The number of phenolic OH excluding ortho intramolecular Hbond substituents is 2. The number of aromatic nitrogens is 2. The predicted octanol–water partition coefficient (Wildman–Crippen LogP) is 3.55. The van der Waals surface area contributed by atoms with E-state index in [2.05, 4.69) is 35.5 Å². The monoisotopic (exact) mass is 307 g/mol. The van der Waals surface area contributed by atoms with Crippen molar-refractivity contribution in [3.05, 3.63) is 59.3 Å². The Morgan fingerprint density at radius 3 is 2.65 bits per heavy atom. The number of aromatic hydroxyl groups is 2. The molecule has 3 N–H and O–H groups in total. The molecule has 2 heterocycles. The minimum absolute atomic E-state index is 0.127. The Morgan fingerprint density at radius 1 is 1.04 bits per heavy atom. The number of para-hydroxylation sites is 1. The average Bonchev–Trinajstić information content (AvgIpc) is 2.91. The first kappa shape index (κ1) is 13.7. The number of fused-ring (bicyclic) bond motifs is 3. The Morgan fingerprint density at radius 2 is 1.87 bits per heavy atom. The summed E-state index contributed by atoms with van der Waals surface area (Å²) in [7, 11) is 0. The molecule has 0 saturated carbocycles. The fourth-order valence-corrected chi connectivity index (χ4v) is 3.12. The predicted molar refractivity (Wildman–Crippen MR) is 88.7 cm³/mol. The maximum absolute atomic E-state index is 9.83. The van der Waals surface area contributed by atoms with Gasteiger partial charge in [-0.25, -0.2) is 4.68 Å². The molecule has 0 spiro atoms. The van der Waals surface area contributed by atoms with E-state index in [9.17, 15) is 10.2 Å². The van der Waals surface area contributed by atoms with Crippen molar-refractivity contribution in [3.63, 3.8) is 0 Å². The van der Waals surface area contributed by atoms with Crippen molar-refractivity contribution in [1.29, 1.82) is 0 Å². The van der Waals surface area contributed by atoms with Gasteiger partial charge in [0.15, 0.2) is 11.5 Å². The van der Waals surface area contributed by atoms with E-state index >= 15 is 0 Å². The van der Waals surface area contributed by atoms with E-state index in [1.807, 2.05) is 17.7 Å². The maximum Gasteiger partial charge on any atom is 0.157 e. The molecule has 2 aromatic carbocycles. The Kier molecular flexibility index (Phi) is 2.84. The summed E-state index contributed by atoms with van der Waals surface area (Å²) in [6.07, 6.45) is -0.237. The van der Waals surface area contributed by atoms with Gasteiger partial charge in [-0.15, -0.1) is 0 Å². The summed E-state index contributed by atoms with van der Waals surface area (Å²) in [5, 5.41) is 27.5. The van der Waals surface area contributed by atoms with Crippen molar-refractivity contribution < 1.29 is 10.2 Å². The number of anilines is 1. The Balaban J connectivity index is 1.93. The number of hydrogen-bond donors (Lipinski definition) is 3. The number of hydrogen-bond acceptors (Lipinski definition) is 4. The highest BCUT2D eigenvalue weighted by molar-refractivity contribution is 5.81. The number of aryl methyl sites for hydroxylation is 2. The molecule has 1 aromatic heterocycles. The average molecular weight is 307 g/mol. The topological polar surface area (TPSA) is 70.3 Å². The maximum atomic E-state index is 9.83. The standard InChI is InChI=1S/C18H17N3O2/c1-10-4-3-5-13-14-8-11(2)20-21(14)18(19-17(10)13)12-6-7-15(22)16(23)9-12/h3-9,18-19,22-23H,1-2H3/t18-/m0/s1. The minimum atomic E-state index is -0.237. The van der Waals surface area contributed by atoms with Gasteiger partial charge in [0.25, 0.3) is 0 Å². The molecule has 1 aliphatic rings. The molecule has 0 fully saturated rings. The summed E-state index contributed by atoms with van der Waals surface area (Å²) in [6.45, 7) is 4.03. The molecule has 1 aliphatic heterocycles. The van der Waals surface area contributed by atoms with E-state index in [4.69, 9.17) is 0 Å². The van der Waals surface area contributed by atoms with Crippen molar-refractivity contribution >= 4 is 5.69 Å². The normalized spacial score (nSPS) is 15.7. The minimum Gasteiger partial charge on any atom is -0.504 e. The van der Waals surface area contributed by atoms with Crippen LogP contribution in [0.4, 0.5) is 5.69 Å². The molecule has 4 rings (SSSR count). The van der Waals surface area contributed by atoms with Crippen LogP contribution in [0.25, 0.3) is 11.3 Å². The second-order valence-corrected chi connectivity index (χ2v) is 5.91. The van der Waals surface area contributed by atoms with Gasteiger partial charge in [-0.05, 0) is 37.6 Å². The summed E-state index contributed by atoms with van der Waals surface area (Å²) in [4.78, 5) is 0. The van der Waals surface area contributed by atoms with Gasteiger partial charge >= 0.3 is 0 Å². The van der Waals surface area contributed by atoms with E-state index in [0.29, 0.717) is 0 Å². The van der Waals surface area contributed by atoms with E-state index in [1.54, 1.807) is 12.1 Å². The summed E-state index contributed by atoms with van der Waals surface area (Å²) < 4.78 is 1.92. The lowest BCUT2D eigenvalue weighted by Crippen LogP contribution is -2.26. The first-order valence-corrected chi connectivity index (χ1v) is 7.49. The molecule has 1 atom stereocenters. The molecule has 0 radical (unpaired) electrons. The van der Waals surface area contributed by atoms with Crippen molar-refractivity contribution in [2.24, 2.45) is 0 Å². The van der Waals surface area contributed by atoms with Crippen LogP contribution in [0.5, 0.6) is 11.5 Å². The largest absolute Gasteiger partial charge is 0.504 e. The number of rotatable bonds is 1. The first-order chi connectivity index (χ1) is 11.0. The molecule has 0 amide bonds. The third-order valence-electron chi connectivity index (χ3n) is 4.25. The lowest BCUT2D eigenvalue weighted by Gasteiger charge is -2.30. The molecule has 0 aliphatic carbocycles. The quantitative estimate of drug-likeness (QED) is 0.601. The van der Waals surface area contributed by atoms with Crippen LogP contribution in [-0.2, 0) is 0 Å². The number of benzene rings is 2. The van der Waals surface area contributed by atoms with E-state index in [-0.39, 0.29) is 17.7 Å². The van der Waals surface area contributed by atoms with Crippen molar-refractivity contribution in [2.45, 2.75) is 20.0 Å². The van der Waals surface area contributed by atoms with Gasteiger partial charge < -0.3 is 15.5 Å². The summed E-state index contributed by atoms with van der Waals surface area (Å²) in [5.74, 6) is -0.261. The third-order valence-corrected chi connectivity index (χ3v) is 4.25. The number of nitrogens with zero attached hydrogens (tertiary/aromatic N) is 2. The van der Waals surface area contributed by atoms with Gasteiger partial charge in [-0.3, -0.25) is 0 Å². The molecule has 116 valence electrons. The molecule has 0 saturated heterocycles. The Hall–Kier alpha value is -2.95. The van der Waals surface area contributed by atoms with E-state index in [1.165, 1.54) is 6.07 Å². The lowest BCUT2D eigenvalue weighted by molar-refractivity contribution is 0.402. The van der Waals surface area contributed by atoms with Gasteiger partial charge in [0, 0.05) is 16.8 Å². The van der Waals surface area contributed by atoms with Crippen molar-refractivity contribution in [1.82, 2.24) is 9.78 Å². The highest BCUT2D eigenvalue weighted by Gasteiger charge is 2.27. The molecule has 3 aromatic rings. The molecule has 0 bridgehead atoms. The van der Waals surface area contributed by atoms with E-state index in [0.717, 1.165) is 33.8 Å². The summed E-state index contributed by atoms with van der Waals surface area (Å²) >= 11 is 0. The van der Waals surface area contributed by atoms with Crippen LogP contribution in [0.15, 0.2) is 42.5 Å². The van der Waals surface area contributed by atoms with Gasteiger partial charge in [-0.1, -0.05) is 24.3 Å². The first-order valence-electron chi connectivity index (χ1n) is 7.49. The molecule has 5 heteroatoms. The van der Waals surface area contributed by atoms with Crippen molar-refractivity contribution in [3.8, 4) is 22.8 Å². The third kappa shape index (κ3) is 2.04. The van der Waals surface area contributed by atoms with Crippen LogP contribution in [0, 0.1) is 13.8 Å². The fraction of sp³-hybridized carbons (Fsp3) is 0.167. The highest BCUT2D eigenvalue weighted by atomic mass is 16.3. The molecule has 0 unspecified atom stereocenters. The van der Waals surface area contributed by atoms with Crippen LogP contribution in [0.1, 0.15) is 23.0 Å². The van der Waals surface area contributed by atoms with Gasteiger partial charge in [-0.2, -0.15) is 5.10 Å². The second-order valence-electron chi connectivity index (χ2n) is 5.91. The van der Waals surface area contributed by atoms with Crippen LogP contribution < -0.4 is 5.32 Å². The van der Waals surface area contributed by atoms with Gasteiger partial charge in [0.2, 0.25) is 0 Å². The van der Waals surface area contributed by atoms with Crippen LogP contribution >= 0.6 is 0 Å². The zero-order chi connectivity index (χ0) is 16.1. The number of phenols is 2. The smallest absolute Gasteiger partial charge is 0.157 e. The second kappa shape index (κ2) is 4.78. The Labute approximate surface area is 133 Å². The lowest BCUT2D eigenvalue weighted by atomic mass is 10.0. The summed E-state index contributed by atoms with van der Waals surface area (Å²) in [6, 6.07) is 13.1. The SMILES string of the molecule is Cc1cc2n(n1)[C@@H](c1ccc(O)c(O)c1)Nc1c(C)cccc1-2. The zero-order valence-corrected chi connectivity index (χ0v) is 12.9. The Bertz CT molecular complexity index is 915. The fourth-order valence-electron chi connectivity index (χ4n) is 3.12. The van der Waals surface area contributed by atoms with Gasteiger partial charge in [0.1, 0.15) is 6.17 Å². The summed E-state index contributed by atoms with van der Waals surface area (Å²) in [5.41, 5.74) is 6.14. The molecular formula is C18H17N3O2. The molecular weight excluding hydrogens is 290 g/mol. The van der Waals surface area contributed by atoms with Crippen LogP contribution in [-0.4, -0.2) is 20.0 Å². The molecule has 5 nitrogen and oxygen atoms in total. The van der Waals surface area contributed by atoms with Crippen LogP contribution in [0.2, 0.25) is 0 Å². The number of nitrogens with one attached hydrogen (secondary N) is 1. The van der Waals surface area contributed by atoms with Gasteiger partial charge in [0.05, 0.1) is 11.4 Å². The van der Waals surface area contributed by atoms with Crippen LogP contribution in [0.3, 0.4) is 0 Å². The van der Waals surface area contributed by atoms with Crippen molar-refractivity contribution in [2.75, 3.05) is 5.32 Å². The zero-order valence-electron chi connectivity index (χ0n) is 12.9. The highest BCUT2D eigenvalue weighted by Crippen LogP contribution is 2.41. The molecule has 23 heavy (non-hydrogen) atoms. The van der Waals surface area contributed by atoms with E-state index < -0.39 is 0 Å².